The molecule has 3 heteroatoms. The normalized spacial score (nSPS) is 11.0. The molecule has 0 aliphatic heterocycles. The molecule has 20 heavy (non-hydrogen) atoms. The molecule has 0 saturated heterocycles. The van der Waals surface area contributed by atoms with Gasteiger partial charge in [-0.3, -0.25) is 4.90 Å². The van der Waals surface area contributed by atoms with E-state index in [0.717, 1.165) is 24.2 Å². The predicted molar refractivity (Wildman–Crippen MR) is 81.9 cm³/mol. The summed E-state index contributed by atoms with van der Waals surface area (Å²) in [6.07, 6.45) is 0. The molecule has 0 aromatic heterocycles. The second-order valence-electron chi connectivity index (χ2n) is 5.17. The van der Waals surface area contributed by atoms with Crippen LogP contribution in [0, 0.1) is 0 Å². The largest absolute Gasteiger partial charge is 0.392 e. The van der Waals surface area contributed by atoms with E-state index < -0.39 is 0 Å². The van der Waals surface area contributed by atoms with Crippen molar-refractivity contribution in [3.8, 4) is 0 Å². The van der Waals surface area contributed by atoms with Crippen LogP contribution in [0.5, 0.6) is 0 Å². The number of benzene rings is 2. The first kappa shape index (κ1) is 14.7. The Morgan fingerprint density at radius 2 is 1.20 bits per heavy atom. The summed E-state index contributed by atoms with van der Waals surface area (Å²) in [5.74, 6) is 0. The first-order valence-electron chi connectivity index (χ1n) is 6.86. The molecule has 106 valence electrons. The van der Waals surface area contributed by atoms with E-state index in [-0.39, 0.29) is 6.61 Å². The number of aliphatic hydroxyl groups is 1. The van der Waals surface area contributed by atoms with Gasteiger partial charge in [-0.1, -0.05) is 48.5 Å². The van der Waals surface area contributed by atoms with Gasteiger partial charge in [0.15, 0.2) is 0 Å². The van der Waals surface area contributed by atoms with Crippen molar-refractivity contribution in [2.75, 3.05) is 7.05 Å². The predicted octanol–water partition coefficient (Wildman–Crippen LogP) is 2.27. The summed E-state index contributed by atoms with van der Waals surface area (Å²) in [6, 6.07) is 16.5. The van der Waals surface area contributed by atoms with Crippen molar-refractivity contribution in [3.63, 3.8) is 0 Å². The highest BCUT2D eigenvalue weighted by Gasteiger charge is 2.02. The first-order valence-corrected chi connectivity index (χ1v) is 6.86. The Balaban J connectivity index is 1.91. The summed E-state index contributed by atoms with van der Waals surface area (Å²) in [6.45, 7) is 2.49. The molecule has 0 heterocycles. The number of hydrogen-bond acceptors (Lipinski definition) is 3. The van der Waals surface area contributed by atoms with Crippen LogP contribution >= 0.6 is 0 Å². The zero-order valence-corrected chi connectivity index (χ0v) is 11.9. The molecule has 2 aromatic rings. The van der Waals surface area contributed by atoms with E-state index in [9.17, 15) is 0 Å². The summed E-state index contributed by atoms with van der Waals surface area (Å²) in [7, 11) is 2.11. The smallest absolute Gasteiger partial charge is 0.0681 e. The Hall–Kier alpha value is -1.68. The lowest BCUT2D eigenvalue weighted by Crippen LogP contribution is -2.17. The maximum absolute atomic E-state index is 9.03. The van der Waals surface area contributed by atoms with Crippen LogP contribution < -0.4 is 5.73 Å². The maximum atomic E-state index is 9.03. The van der Waals surface area contributed by atoms with Crippen molar-refractivity contribution in [2.24, 2.45) is 5.73 Å². The van der Waals surface area contributed by atoms with Crippen molar-refractivity contribution in [3.05, 3.63) is 70.8 Å². The van der Waals surface area contributed by atoms with Crippen molar-refractivity contribution in [1.29, 1.82) is 0 Å². The number of hydrogen-bond donors (Lipinski definition) is 2. The molecule has 2 aromatic carbocycles. The summed E-state index contributed by atoms with van der Waals surface area (Å²) in [4.78, 5) is 2.27. The van der Waals surface area contributed by atoms with Crippen LogP contribution in [0.25, 0.3) is 0 Å². The third kappa shape index (κ3) is 4.17. The van der Waals surface area contributed by atoms with Gasteiger partial charge in [-0.15, -0.1) is 0 Å². The SMILES string of the molecule is CN(Cc1ccc(CN)cc1)Cc1ccc(CO)cc1. The van der Waals surface area contributed by atoms with Gasteiger partial charge < -0.3 is 10.8 Å². The van der Waals surface area contributed by atoms with E-state index in [4.69, 9.17) is 10.8 Å². The van der Waals surface area contributed by atoms with Gasteiger partial charge in [0, 0.05) is 19.6 Å². The fourth-order valence-electron chi connectivity index (χ4n) is 2.21. The van der Waals surface area contributed by atoms with Gasteiger partial charge in [-0.2, -0.15) is 0 Å². The van der Waals surface area contributed by atoms with Crippen LogP contribution in [0.15, 0.2) is 48.5 Å². The standard InChI is InChI=1S/C17H22N2O/c1-19(11-15-4-2-14(10-18)3-5-15)12-16-6-8-17(13-20)9-7-16/h2-9,20H,10-13,18H2,1H3. The topological polar surface area (TPSA) is 49.5 Å². The second kappa shape index (κ2) is 7.20. The van der Waals surface area contributed by atoms with Gasteiger partial charge in [0.2, 0.25) is 0 Å². The molecular formula is C17H22N2O. The lowest BCUT2D eigenvalue weighted by atomic mass is 10.1. The Kier molecular flexibility index (Phi) is 5.30. The number of aliphatic hydroxyl groups excluding tert-OH is 1. The fraction of sp³-hybridized carbons (Fsp3) is 0.294. The molecule has 0 aliphatic rings. The highest BCUT2D eigenvalue weighted by molar-refractivity contribution is 5.23. The zero-order valence-electron chi connectivity index (χ0n) is 11.9. The summed E-state index contributed by atoms with van der Waals surface area (Å²) in [5.41, 5.74) is 10.3. The summed E-state index contributed by atoms with van der Waals surface area (Å²) < 4.78 is 0. The van der Waals surface area contributed by atoms with Crippen molar-refractivity contribution in [2.45, 2.75) is 26.2 Å². The molecule has 3 N–H and O–H groups in total. The van der Waals surface area contributed by atoms with Crippen LogP contribution in [0.3, 0.4) is 0 Å². The van der Waals surface area contributed by atoms with E-state index in [1.807, 2.05) is 12.1 Å². The van der Waals surface area contributed by atoms with Crippen LogP contribution in [0.1, 0.15) is 22.3 Å². The number of nitrogens with zero attached hydrogens (tertiary/aromatic N) is 1. The molecule has 0 saturated carbocycles. The van der Waals surface area contributed by atoms with Crippen LogP contribution in [0.4, 0.5) is 0 Å². The van der Waals surface area contributed by atoms with Gasteiger partial charge in [0.05, 0.1) is 6.61 Å². The minimum Gasteiger partial charge on any atom is -0.392 e. The van der Waals surface area contributed by atoms with E-state index in [0.29, 0.717) is 6.54 Å². The molecule has 0 amide bonds. The van der Waals surface area contributed by atoms with Gasteiger partial charge >= 0.3 is 0 Å². The van der Waals surface area contributed by atoms with Gasteiger partial charge in [0.25, 0.3) is 0 Å². The lowest BCUT2D eigenvalue weighted by Gasteiger charge is -2.17. The fourth-order valence-corrected chi connectivity index (χ4v) is 2.21. The van der Waals surface area contributed by atoms with E-state index >= 15 is 0 Å². The molecule has 0 bridgehead atoms. The van der Waals surface area contributed by atoms with E-state index in [1.165, 1.54) is 11.1 Å². The molecule has 2 rings (SSSR count). The van der Waals surface area contributed by atoms with Crippen molar-refractivity contribution >= 4 is 0 Å². The Bertz CT molecular complexity index is 470. The molecule has 0 unspecified atom stereocenters. The average molecular weight is 270 g/mol. The maximum Gasteiger partial charge on any atom is 0.0681 e. The number of rotatable bonds is 6. The Labute approximate surface area is 120 Å². The Morgan fingerprint density at radius 1 is 0.800 bits per heavy atom. The van der Waals surface area contributed by atoms with Crippen LogP contribution in [-0.4, -0.2) is 17.1 Å². The van der Waals surface area contributed by atoms with Gasteiger partial charge in [0.1, 0.15) is 0 Å². The quantitative estimate of drug-likeness (QED) is 0.846. The first-order chi connectivity index (χ1) is 9.71. The number of nitrogens with two attached hydrogens (primary N) is 1. The summed E-state index contributed by atoms with van der Waals surface area (Å²) in [5, 5.41) is 9.03. The molecule has 0 spiro atoms. The molecule has 0 aliphatic carbocycles. The minimum atomic E-state index is 0.101. The molecule has 0 atom stereocenters. The monoisotopic (exact) mass is 270 g/mol. The minimum absolute atomic E-state index is 0.101. The van der Waals surface area contributed by atoms with Gasteiger partial charge in [-0.05, 0) is 29.3 Å². The van der Waals surface area contributed by atoms with Gasteiger partial charge in [-0.25, -0.2) is 0 Å². The molecular weight excluding hydrogens is 248 g/mol. The molecule has 0 radical (unpaired) electrons. The Morgan fingerprint density at radius 3 is 1.60 bits per heavy atom. The zero-order chi connectivity index (χ0) is 14.4. The second-order valence-corrected chi connectivity index (χ2v) is 5.17. The van der Waals surface area contributed by atoms with E-state index in [2.05, 4.69) is 48.3 Å². The lowest BCUT2D eigenvalue weighted by molar-refractivity contribution is 0.281. The highest BCUT2D eigenvalue weighted by atomic mass is 16.3. The highest BCUT2D eigenvalue weighted by Crippen LogP contribution is 2.10. The molecule has 3 nitrogen and oxygen atoms in total. The third-order valence-corrected chi connectivity index (χ3v) is 3.37. The summed E-state index contributed by atoms with van der Waals surface area (Å²) >= 11 is 0. The average Bonchev–Trinajstić information content (AvgIpc) is 2.49. The third-order valence-electron chi connectivity index (χ3n) is 3.37. The van der Waals surface area contributed by atoms with Crippen LogP contribution in [-0.2, 0) is 26.2 Å². The molecule has 0 fully saturated rings. The van der Waals surface area contributed by atoms with Crippen molar-refractivity contribution in [1.82, 2.24) is 4.90 Å². The van der Waals surface area contributed by atoms with E-state index in [1.54, 1.807) is 0 Å². The van der Waals surface area contributed by atoms with Crippen molar-refractivity contribution < 1.29 is 5.11 Å². The van der Waals surface area contributed by atoms with Crippen LogP contribution in [0.2, 0.25) is 0 Å².